The Balaban J connectivity index is 1.61. The minimum atomic E-state index is -0.383. The number of ether oxygens (including phenoxy) is 1. The number of para-hydroxylation sites is 1. The molecule has 6 nitrogen and oxygen atoms in total. The summed E-state index contributed by atoms with van der Waals surface area (Å²) in [6.07, 6.45) is 1.68. The van der Waals surface area contributed by atoms with E-state index in [4.69, 9.17) is 16.3 Å². The number of carbonyl (C=O) groups is 2. The highest BCUT2D eigenvalue weighted by molar-refractivity contribution is 6.31. The predicted molar refractivity (Wildman–Crippen MR) is 115 cm³/mol. The normalized spacial score (nSPS) is 18.0. The van der Waals surface area contributed by atoms with Gasteiger partial charge in [0.2, 0.25) is 11.8 Å². The van der Waals surface area contributed by atoms with E-state index in [0.717, 1.165) is 25.1 Å². The van der Waals surface area contributed by atoms with Crippen LogP contribution < -0.4 is 15.4 Å². The lowest BCUT2D eigenvalue weighted by Gasteiger charge is -2.35. The molecule has 1 heterocycles. The van der Waals surface area contributed by atoms with Crippen LogP contribution in [0.25, 0.3) is 0 Å². The van der Waals surface area contributed by atoms with Gasteiger partial charge in [-0.05, 0) is 56.6 Å². The van der Waals surface area contributed by atoms with Crippen LogP contribution in [0, 0.1) is 5.92 Å². The maximum absolute atomic E-state index is 12.8. The van der Waals surface area contributed by atoms with Gasteiger partial charge in [-0.3, -0.25) is 14.5 Å². The van der Waals surface area contributed by atoms with Crippen molar-refractivity contribution >= 4 is 34.8 Å². The third-order valence-electron chi connectivity index (χ3n) is 5.21. The quantitative estimate of drug-likeness (QED) is 0.747. The van der Waals surface area contributed by atoms with Gasteiger partial charge in [0, 0.05) is 17.3 Å². The van der Waals surface area contributed by atoms with Crippen molar-refractivity contribution in [2.24, 2.45) is 5.92 Å². The molecule has 2 unspecified atom stereocenters. The summed E-state index contributed by atoms with van der Waals surface area (Å²) in [5.41, 5.74) is 1.32. The summed E-state index contributed by atoms with van der Waals surface area (Å²) >= 11 is 6.04. The molecule has 1 fully saturated rings. The largest absolute Gasteiger partial charge is 0.495 e. The second-order valence-electron chi connectivity index (χ2n) is 7.20. The number of amides is 2. The monoisotopic (exact) mass is 415 g/mol. The first-order valence-corrected chi connectivity index (χ1v) is 10.1. The molecule has 2 atom stereocenters. The Morgan fingerprint density at radius 1 is 1.17 bits per heavy atom. The van der Waals surface area contributed by atoms with Crippen molar-refractivity contribution in [3.8, 4) is 5.75 Å². The number of halogens is 1. The zero-order valence-electron chi connectivity index (χ0n) is 16.7. The maximum Gasteiger partial charge on any atom is 0.241 e. The lowest BCUT2D eigenvalue weighted by atomic mass is 9.95. The number of carbonyl (C=O) groups excluding carboxylic acids is 2. The molecular formula is C22H26ClN3O3. The highest BCUT2D eigenvalue weighted by Gasteiger charge is 2.31. The van der Waals surface area contributed by atoms with Crippen LogP contribution >= 0.6 is 11.6 Å². The summed E-state index contributed by atoms with van der Waals surface area (Å²) in [7, 11) is 1.54. The molecule has 2 aromatic carbocycles. The molecule has 0 saturated carbocycles. The number of nitrogens with one attached hydrogen (secondary N) is 2. The molecule has 0 spiro atoms. The zero-order valence-corrected chi connectivity index (χ0v) is 17.4. The molecule has 1 aliphatic heterocycles. The van der Waals surface area contributed by atoms with Crippen molar-refractivity contribution in [1.29, 1.82) is 0 Å². The first kappa shape index (κ1) is 21.1. The SMILES string of the molecule is COc1ccc(Cl)cc1NC(=O)C(C)N1CCCC(C(=O)Nc2ccccc2)C1. The van der Waals surface area contributed by atoms with Gasteiger partial charge >= 0.3 is 0 Å². The summed E-state index contributed by atoms with van der Waals surface area (Å²) in [4.78, 5) is 27.5. The maximum atomic E-state index is 12.8. The molecule has 29 heavy (non-hydrogen) atoms. The molecule has 2 amide bonds. The fourth-order valence-corrected chi connectivity index (χ4v) is 3.69. The van der Waals surface area contributed by atoms with E-state index in [-0.39, 0.29) is 23.8 Å². The fourth-order valence-electron chi connectivity index (χ4n) is 3.52. The Morgan fingerprint density at radius 3 is 2.66 bits per heavy atom. The lowest BCUT2D eigenvalue weighted by Crippen LogP contribution is -2.49. The molecule has 1 saturated heterocycles. The van der Waals surface area contributed by atoms with Crippen LogP contribution in [0.3, 0.4) is 0 Å². The van der Waals surface area contributed by atoms with Crippen molar-refractivity contribution < 1.29 is 14.3 Å². The minimum absolute atomic E-state index is 0.00924. The van der Waals surface area contributed by atoms with E-state index >= 15 is 0 Å². The van der Waals surface area contributed by atoms with Crippen molar-refractivity contribution in [3.05, 3.63) is 53.6 Å². The molecular weight excluding hydrogens is 390 g/mol. The lowest BCUT2D eigenvalue weighted by molar-refractivity contribution is -0.125. The fraction of sp³-hybridized carbons (Fsp3) is 0.364. The Bertz CT molecular complexity index is 860. The van der Waals surface area contributed by atoms with E-state index < -0.39 is 0 Å². The van der Waals surface area contributed by atoms with Crippen molar-refractivity contribution in [2.75, 3.05) is 30.8 Å². The summed E-state index contributed by atoms with van der Waals surface area (Å²) in [5.74, 6) is 0.230. The Kier molecular flexibility index (Phi) is 7.12. The number of hydrogen-bond donors (Lipinski definition) is 2. The highest BCUT2D eigenvalue weighted by atomic mass is 35.5. The van der Waals surface area contributed by atoms with Crippen LogP contribution in [0.1, 0.15) is 19.8 Å². The van der Waals surface area contributed by atoms with E-state index in [1.54, 1.807) is 25.3 Å². The molecule has 0 aromatic heterocycles. The first-order valence-electron chi connectivity index (χ1n) is 9.72. The van der Waals surface area contributed by atoms with Crippen LogP contribution in [0.15, 0.2) is 48.5 Å². The van der Waals surface area contributed by atoms with Gasteiger partial charge in [0.15, 0.2) is 0 Å². The standard InChI is InChI=1S/C22H26ClN3O3/c1-15(21(27)25-19-13-17(23)10-11-20(19)29-2)26-12-6-7-16(14-26)22(28)24-18-8-4-3-5-9-18/h3-5,8-11,13,15-16H,6-7,12,14H2,1-2H3,(H,24,28)(H,25,27). The smallest absolute Gasteiger partial charge is 0.241 e. The number of benzene rings is 2. The van der Waals surface area contributed by atoms with Crippen LogP contribution in [0.5, 0.6) is 5.75 Å². The van der Waals surface area contributed by atoms with Gasteiger partial charge in [0.1, 0.15) is 5.75 Å². The number of anilines is 2. The van der Waals surface area contributed by atoms with Gasteiger partial charge in [-0.15, -0.1) is 0 Å². The summed E-state index contributed by atoms with van der Waals surface area (Å²) in [6.45, 7) is 3.17. The van der Waals surface area contributed by atoms with Gasteiger partial charge in [-0.2, -0.15) is 0 Å². The Morgan fingerprint density at radius 2 is 1.93 bits per heavy atom. The molecule has 0 bridgehead atoms. The van der Waals surface area contributed by atoms with Gasteiger partial charge in [0.25, 0.3) is 0 Å². The minimum Gasteiger partial charge on any atom is -0.495 e. The van der Waals surface area contributed by atoms with Gasteiger partial charge < -0.3 is 15.4 Å². The number of rotatable bonds is 6. The number of hydrogen-bond acceptors (Lipinski definition) is 4. The number of nitrogens with zero attached hydrogens (tertiary/aromatic N) is 1. The van der Waals surface area contributed by atoms with E-state index in [1.165, 1.54) is 0 Å². The van der Waals surface area contributed by atoms with E-state index in [2.05, 4.69) is 10.6 Å². The van der Waals surface area contributed by atoms with Crippen LogP contribution in [-0.4, -0.2) is 43.0 Å². The average molecular weight is 416 g/mol. The molecule has 2 aromatic rings. The van der Waals surface area contributed by atoms with Crippen LogP contribution in [0.2, 0.25) is 5.02 Å². The molecule has 2 N–H and O–H groups in total. The molecule has 7 heteroatoms. The Labute approximate surface area is 176 Å². The molecule has 3 rings (SSSR count). The summed E-state index contributed by atoms with van der Waals surface area (Å²) in [6, 6.07) is 14.1. The molecule has 154 valence electrons. The van der Waals surface area contributed by atoms with Crippen LogP contribution in [-0.2, 0) is 9.59 Å². The molecule has 0 aliphatic carbocycles. The summed E-state index contributed by atoms with van der Waals surface area (Å²) < 4.78 is 5.29. The number of likely N-dealkylation sites (tertiary alicyclic amines) is 1. The van der Waals surface area contributed by atoms with Gasteiger partial charge in [0.05, 0.1) is 24.8 Å². The highest BCUT2D eigenvalue weighted by Crippen LogP contribution is 2.28. The topological polar surface area (TPSA) is 70.7 Å². The van der Waals surface area contributed by atoms with E-state index in [9.17, 15) is 9.59 Å². The van der Waals surface area contributed by atoms with Gasteiger partial charge in [-0.25, -0.2) is 0 Å². The predicted octanol–water partition coefficient (Wildman–Crippen LogP) is 4.03. The van der Waals surface area contributed by atoms with Crippen LogP contribution in [0.4, 0.5) is 11.4 Å². The van der Waals surface area contributed by atoms with E-state index in [0.29, 0.717) is 23.0 Å². The first-order chi connectivity index (χ1) is 14.0. The second-order valence-corrected chi connectivity index (χ2v) is 7.64. The number of piperidine rings is 1. The molecule has 1 aliphatic rings. The summed E-state index contributed by atoms with van der Waals surface area (Å²) in [5, 5.41) is 6.37. The Hall–Kier alpha value is -2.57. The van der Waals surface area contributed by atoms with Crippen molar-refractivity contribution in [2.45, 2.75) is 25.8 Å². The average Bonchev–Trinajstić information content (AvgIpc) is 2.74. The third kappa shape index (κ3) is 5.49. The number of methoxy groups -OCH3 is 1. The van der Waals surface area contributed by atoms with Gasteiger partial charge in [-0.1, -0.05) is 29.8 Å². The third-order valence-corrected chi connectivity index (χ3v) is 5.45. The van der Waals surface area contributed by atoms with Crippen molar-refractivity contribution in [3.63, 3.8) is 0 Å². The zero-order chi connectivity index (χ0) is 20.8. The van der Waals surface area contributed by atoms with E-state index in [1.807, 2.05) is 42.2 Å². The second kappa shape index (κ2) is 9.76. The molecule has 0 radical (unpaired) electrons. The van der Waals surface area contributed by atoms with Crippen molar-refractivity contribution in [1.82, 2.24) is 4.90 Å².